The highest BCUT2D eigenvalue weighted by molar-refractivity contribution is 5.88. The third kappa shape index (κ3) is 4.19. The van der Waals surface area contributed by atoms with Gasteiger partial charge in [0.1, 0.15) is 0 Å². The fraction of sp³-hybridized carbons (Fsp3) is 0.167. The van der Waals surface area contributed by atoms with Gasteiger partial charge in [-0.15, -0.1) is 0 Å². The zero-order valence-electron chi connectivity index (χ0n) is 13.4. The quantitative estimate of drug-likeness (QED) is 0.759. The highest BCUT2D eigenvalue weighted by atomic mass is 16.2. The van der Waals surface area contributed by atoms with Crippen molar-refractivity contribution in [3.05, 3.63) is 77.7 Å². The number of nitrogens with zero attached hydrogens (tertiary/aromatic N) is 3. The Bertz CT molecular complexity index is 813. The first kappa shape index (κ1) is 15.7. The zero-order chi connectivity index (χ0) is 16.8. The van der Waals surface area contributed by atoms with Crippen LogP contribution in [0.15, 0.2) is 61.1 Å². The highest BCUT2D eigenvalue weighted by Gasteiger charge is 2.06. The van der Waals surface area contributed by atoms with Crippen molar-refractivity contribution in [1.82, 2.24) is 20.1 Å². The minimum absolute atomic E-state index is 0.273. The van der Waals surface area contributed by atoms with Gasteiger partial charge in [0.2, 0.25) is 0 Å². The number of hydrogen-bond acceptors (Lipinski definition) is 3. The molecule has 1 aromatic carbocycles. The molecule has 0 unspecified atom stereocenters. The van der Waals surface area contributed by atoms with Gasteiger partial charge in [-0.2, -0.15) is 5.10 Å². The monoisotopic (exact) mass is 321 g/mol. The molecule has 0 saturated carbocycles. The molecule has 2 N–H and O–H groups in total. The number of benzene rings is 1. The van der Waals surface area contributed by atoms with Crippen molar-refractivity contribution in [3.63, 3.8) is 0 Å². The van der Waals surface area contributed by atoms with Crippen LogP contribution in [0.1, 0.15) is 16.7 Å². The van der Waals surface area contributed by atoms with E-state index in [1.165, 1.54) is 0 Å². The lowest BCUT2D eigenvalue weighted by Crippen LogP contribution is -2.28. The summed E-state index contributed by atoms with van der Waals surface area (Å²) in [6, 6.07) is 13.3. The second-order valence-corrected chi connectivity index (χ2v) is 5.49. The first-order valence-corrected chi connectivity index (χ1v) is 7.72. The lowest BCUT2D eigenvalue weighted by Gasteiger charge is -2.08. The summed E-state index contributed by atoms with van der Waals surface area (Å²) in [5.41, 5.74) is 3.30. The molecule has 0 aliphatic rings. The topological polar surface area (TPSA) is 71.8 Å². The Morgan fingerprint density at radius 2 is 2.04 bits per heavy atom. The number of anilines is 1. The third-order valence-corrected chi connectivity index (χ3v) is 3.65. The van der Waals surface area contributed by atoms with Gasteiger partial charge in [0, 0.05) is 31.2 Å². The Hall–Kier alpha value is -3.15. The Morgan fingerprint density at radius 1 is 1.17 bits per heavy atom. The van der Waals surface area contributed by atoms with Crippen LogP contribution in [0, 0.1) is 6.92 Å². The number of urea groups is 1. The summed E-state index contributed by atoms with van der Waals surface area (Å²) in [5.74, 6) is 0.515. The first-order chi connectivity index (χ1) is 11.7. The van der Waals surface area contributed by atoms with E-state index < -0.39 is 0 Å². The number of aryl methyl sites for hydroxylation is 1. The summed E-state index contributed by atoms with van der Waals surface area (Å²) in [7, 11) is 0. The summed E-state index contributed by atoms with van der Waals surface area (Å²) < 4.78 is 1.76. The van der Waals surface area contributed by atoms with Crippen molar-refractivity contribution in [1.29, 1.82) is 0 Å². The molecule has 0 fully saturated rings. The molecule has 24 heavy (non-hydrogen) atoms. The fourth-order valence-corrected chi connectivity index (χ4v) is 2.34. The van der Waals surface area contributed by atoms with Gasteiger partial charge in [-0.1, -0.05) is 30.3 Å². The average molecular weight is 321 g/mol. The lowest BCUT2D eigenvalue weighted by atomic mass is 10.1. The van der Waals surface area contributed by atoms with E-state index in [0.717, 1.165) is 16.7 Å². The molecule has 122 valence electrons. The zero-order valence-corrected chi connectivity index (χ0v) is 13.4. The number of hydrogen-bond donors (Lipinski definition) is 2. The van der Waals surface area contributed by atoms with Crippen molar-refractivity contribution in [2.24, 2.45) is 0 Å². The number of carbonyl (C=O) groups is 1. The van der Waals surface area contributed by atoms with E-state index in [0.29, 0.717) is 18.9 Å². The van der Waals surface area contributed by atoms with Crippen LogP contribution >= 0.6 is 0 Å². The molecular weight excluding hydrogens is 302 g/mol. The summed E-state index contributed by atoms with van der Waals surface area (Å²) >= 11 is 0. The van der Waals surface area contributed by atoms with Crippen LogP contribution in [-0.2, 0) is 13.1 Å². The minimum Gasteiger partial charge on any atom is -0.334 e. The van der Waals surface area contributed by atoms with E-state index in [4.69, 9.17) is 0 Å². The van der Waals surface area contributed by atoms with Gasteiger partial charge >= 0.3 is 6.03 Å². The van der Waals surface area contributed by atoms with Gasteiger partial charge in [-0.25, -0.2) is 4.79 Å². The van der Waals surface area contributed by atoms with Crippen molar-refractivity contribution >= 4 is 11.8 Å². The Labute approximate surface area is 140 Å². The number of carbonyl (C=O) groups excluding carboxylic acids is 1. The van der Waals surface area contributed by atoms with E-state index in [2.05, 4.69) is 20.7 Å². The normalized spacial score (nSPS) is 10.4. The van der Waals surface area contributed by atoms with Gasteiger partial charge in [0.15, 0.2) is 5.82 Å². The fourth-order valence-electron chi connectivity index (χ4n) is 2.34. The van der Waals surface area contributed by atoms with Crippen molar-refractivity contribution in [2.75, 3.05) is 5.32 Å². The lowest BCUT2D eigenvalue weighted by molar-refractivity contribution is 0.251. The minimum atomic E-state index is -0.273. The molecule has 2 aromatic heterocycles. The second-order valence-electron chi connectivity index (χ2n) is 5.49. The van der Waals surface area contributed by atoms with Crippen molar-refractivity contribution in [2.45, 2.75) is 20.0 Å². The summed E-state index contributed by atoms with van der Waals surface area (Å²) in [6.45, 7) is 3.12. The average Bonchev–Trinajstić information content (AvgIpc) is 3.02. The van der Waals surface area contributed by atoms with Gasteiger partial charge < -0.3 is 5.32 Å². The van der Waals surface area contributed by atoms with Crippen LogP contribution in [0.25, 0.3) is 0 Å². The Kier molecular flexibility index (Phi) is 4.86. The number of rotatable bonds is 5. The molecule has 3 aromatic rings. The molecule has 3 rings (SSSR count). The predicted octanol–water partition coefficient (Wildman–Crippen LogP) is 2.96. The van der Waals surface area contributed by atoms with Gasteiger partial charge in [-0.05, 0) is 29.7 Å². The molecule has 0 spiro atoms. The van der Waals surface area contributed by atoms with E-state index in [-0.39, 0.29) is 6.03 Å². The predicted molar refractivity (Wildman–Crippen MR) is 92.6 cm³/mol. The van der Waals surface area contributed by atoms with Crippen LogP contribution in [0.2, 0.25) is 0 Å². The molecule has 6 nitrogen and oxygen atoms in total. The molecular formula is C18H19N5O. The van der Waals surface area contributed by atoms with Crippen molar-refractivity contribution in [3.8, 4) is 0 Å². The molecule has 0 aliphatic heterocycles. The number of pyridine rings is 1. The smallest absolute Gasteiger partial charge is 0.320 e. The first-order valence-electron chi connectivity index (χ1n) is 7.72. The maximum absolute atomic E-state index is 12.0. The van der Waals surface area contributed by atoms with Gasteiger partial charge in [0.05, 0.1) is 6.54 Å². The van der Waals surface area contributed by atoms with E-state index in [1.54, 1.807) is 23.1 Å². The Balaban J connectivity index is 1.53. The van der Waals surface area contributed by atoms with Gasteiger partial charge in [0.25, 0.3) is 0 Å². The molecule has 2 heterocycles. The van der Waals surface area contributed by atoms with Crippen LogP contribution in [0.5, 0.6) is 0 Å². The van der Waals surface area contributed by atoms with E-state index in [9.17, 15) is 4.79 Å². The van der Waals surface area contributed by atoms with E-state index >= 15 is 0 Å². The number of amides is 2. The Morgan fingerprint density at radius 3 is 2.83 bits per heavy atom. The van der Waals surface area contributed by atoms with Gasteiger partial charge in [-0.3, -0.25) is 15.0 Å². The molecule has 6 heteroatoms. The summed E-state index contributed by atoms with van der Waals surface area (Å²) in [5, 5.41) is 9.91. The second kappa shape index (κ2) is 7.41. The van der Waals surface area contributed by atoms with Crippen LogP contribution in [-0.4, -0.2) is 20.8 Å². The summed E-state index contributed by atoms with van der Waals surface area (Å²) in [4.78, 5) is 16.1. The van der Waals surface area contributed by atoms with E-state index in [1.807, 2.05) is 49.5 Å². The SMILES string of the molecule is Cc1ccccc1CNC(=O)Nc1ccn(Cc2cccnc2)n1. The molecule has 0 radical (unpaired) electrons. The maximum atomic E-state index is 12.0. The molecule has 0 bridgehead atoms. The maximum Gasteiger partial charge on any atom is 0.320 e. The molecule has 0 aliphatic carbocycles. The number of aromatic nitrogens is 3. The van der Waals surface area contributed by atoms with Crippen LogP contribution < -0.4 is 10.6 Å². The molecule has 0 saturated heterocycles. The molecule has 0 atom stereocenters. The van der Waals surface area contributed by atoms with Crippen LogP contribution in [0.4, 0.5) is 10.6 Å². The highest BCUT2D eigenvalue weighted by Crippen LogP contribution is 2.07. The van der Waals surface area contributed by atoms with Crippen molar-refractivity contribution < 1.29 is 4.79 Å². The van der Waals surface area contributed by atoms with Crippen LogP contribution in [0.3, 0.4) is 0 Å². The molecule has 2 amide bonds. The third-order valence-electron chi connectivity index (χ3n) is 3.65. The summed E-state index contributed by atoms with van der Waals surface area (Å²) in [6.07, 6.45) is 5.35. The largest absolute Gasteiger partial charge is 0.334 e. The standard InChI is InChI=1S/C18H19N5O/c1-14-5-2-3-7-16(14)12-20-18(24)21-17-8-10-23(22-17)13-15-6-4-9-19-11-15/h2-11H,12-13H2,1H3,(H2,20,21,22,24). The number of nitrogens with one attached hydrogen (secondary N) is 2.